The van der Waals surface area contributed by atoms with Gasteiger partial charge in [0.15, 0.2) is 0 Å². The van der Waals surface area contributed by atoms with Crippen molar-refractivity contribution >= 4 is 29.2 Å². The van der Waals surface area contributed by atoms with Gasteiger partial charge in [0.2, 0.25) is 6.61 Å². The third-order valence-corrected chi connectivity index (χ3v) is 5.58. The summed E-state index contributed by atoms with van der Waals surface area (Å²) in [4.78, 5) is 43.6. The Morgan fingerprint density at radius 3 is 2.45 bits per heavy atom. The van der Waals surface area contributed by atoms with E-state index < -0.39 is 5.97 Å². The zero-order valence-electron chi connectivity index (χ0n) is 16.5. The molecule has 2 aliphatic carbocycles. The van der Waals surface area contributed by atoms with E-state index in [-0.39, 0.29) is 18.4 Å². The van der Waals surface area contributed by atoms with E-state index in [1.54, 1.807) is 6.92 Å². The normalized spacial score (nSPS) is 20.0. The Morgan fingerprint density at radius 2 is 1.76 bits per heavy atom. The van der Waals surface area contributed by atoms with E-state index in [4.69, 9.17) is 9.57 Å². The summed E-state index contributed by atoms with van der Waals surface area (Å²) in [5.74, 6) is -0.860. The second kappa shape index (κ2) is 8.19. The van der Waals surface area contributed by atoms with Crippen LogP contribution in [0.3, 0.4) is 0 Å². The van der Waals surface area contributed by atoms with Gasteiger partial charge in [-0.1, -0.05) is 11.2 Å². The van der Waals surface area contributed by atoms with Crippen molar-refractivity contribution in [3.8, 4) is 0 Å². The van der Waals surface area contributed by atoms with E-state index >= 15 is 0 Å². The Morgan fingerprint density at radius 1 is 1.03 bits per heavy atom. The van der Waals surface area contributed by atoms with Gasteiger partial charge in [-0.2, -0.15) is 0 Å². The van der Waals surface area contributed by atoms with Crippen molar-refractivity contribution < 1.29 is 24.0 Å². The minimum Gasteiger partial charge on any atom is -0.463 e. The fourth-order valence-electron chi connectivity index (χ4n) is 4.21. The molecule has 152 valence electrons. The summed E-state index contributed by atoms with van der Waals surface area (Å²) >= 11 is 0. The zero-order valence-corrected chi connectivity index (χ0v) is 16.5. The van der Waals surface area contributed by atoms with Crippen LogP contribution >= 0.6 is 0 Å². The van der Waals surface area contributed by atoms with Crippen LogP contribution in [-0.4, -0.2) is 36.7 Å². The Labute approximate surface area is 169 Å². The molecule has 1 heterocycles. The van der Waals surface area contributed by atoms with Crippen LogP contribution in [0.25, 0.3) is 0 Å². The lowest BCUT2D eigenvalue weighted by Crippen LogP contribution is -2.32. The monoisotopic (exact) mass is 396 g/mol. The first kappa shape index (κ1) is 19.4. The summed E-state index contributed by atoms with van der Waals surface area (Å²) in [6.07, 6.45) is 5.77. The van der Waals surface area contributed by atoms with Crippen molar-refractivity contribution in [2.45, 2.75) is 51.9 Å². The summed E-state index contributed by atoms with van der Waals surface area (Å²) in [5.41, 5.74) is 4.58. The molecule has 0 bridgehead atoms. The molecule has 0 aromatic heterocycles. The summed E-state index contributed by atoms with van der Waals surface area (Å²) in [7, 11) is 0. The van der Waals surface area contributed by atoms with Crippen molar-refractivity contribution in [1.82, 2.24) is 0 Å². The quantitative estimate of drug-likeness (QED) is 0.434. The zero-order chi connectivity index (χ0) is 20.4. The van der Waals surface area contributed by atoms with Crippen LogP contribution in [0, 0.1) is 0 Å². The highest BCUT2D eigenvalue weighted by molar-refractivity contribution is 6.33. The highest BCUT2D eigenvalue weighted by Crippen LogP contribution is 2.37. The number of fused-ring (bicyclic) bond motifs is 1. The smallest absolute Gasteiger partial charge is 0.347 e. The van der Waals surface area contributed by atoms with Crippen LogP contribution in [0.1, 0.15) is 56.6 Å². The largest absolute Gasteiger partial charge is 0.463 e. The van der Waals surface area contributed by atoms with Gasteiger partial charge < -0.3 is 9.57 Å². The topological polar surface area (TPSA) is 85.3 Å². The van der Waals surface area contributed by atoms with Gasteiger partial charge >= 0.3 is 5.97 Å². The molecule has 2 amide bonds. The number of aryl methyl sites for hydroxylation is 1. The number of esters is 1. The first-order valence-corrected chi connectivity index (χ1v) is 10.2. The molecule has 3 aliphatic rings. The molecule has 7 heteroatoms. The lowest BCUT2D eigenvalue weighted by Gasteiger charge is -2.21. The molecule has 0 saturated heterocycles. The maximum Gasteiger partial charge on any atom is 0.347 e. The van der Waals surface area contributed by atoms with E-state index in [2.05, 4.69) is 5.16 Å². The van der Waals surface area contributed by atoms with Crippen LogP contribution in [0.15, 0.2) is 34.5 Å². The number of imide groups is 1. The van der Waals surface area contributed by atoms with Gasteiger partial charge in [0.1, 0.15) is 0 Å². The highest BCUT2D eigenvalue weighted by Gasteiger charge is 2.40. The fourth-order valence-corrected chi connectivity index (χ4v) is 4.21. The van der Waals surface area contributed by atoms with E-state index in [0.29, 0.717) is 48.4 Å². The van der Waals surface area contributed by atoms with Gasteiger partial charge in [-0.15, -0.1) is 0 Å². The molecule has 0 spiro atoms. The lowest BCUT2D eigenvalue weighted by molar-refractivity contribution is -0.148. The minimum absolute atomic E-state index is 0.197. The number of nitrogens with zero attached hydrogens (tertiary/aromatic N) is 2. The number of carbonyl (C=O) groups is 3. The van der Waals surface area contributed by atoms with Gasteiger partial charge in [0.25, 0.3) is 11.8 Å². The number of ether oxygens (including phenoxy) is 1. The average molecular weight is 396 g/mol. The second-order valence-electron chi connectivity index (χ2n) is 7.42. The van der Waals surface area contributed by atoms with Crippen molar-refractivity contribution in [1.29, 1.82) is 0 Å². The number of hydrogen-bond donors (Lipinski definition) is 0. The number of carbonyl (C=O) groups excluding carboxylic acids is 3. The first-order chi connectivity index (χ1) is 14.1. The molecule has 0 atom stereocenters. The highest BCUT2D eigenvalue weighted by atomic mass is 16.7. The third-order valence-electron chi connectivity index (χ3n) is 5.58. The average Bonchev–Trinajstić information content (AvgIpc) is 2.99. The molecule has 7 nitrogen and oxygen atoms in total. The Hall–Kier alpha value is -2.96. The molecule has 4 rings (SSSR count). The number of amides is 2. The number of oxime groups is 1. The molecular weight excluding hydrogens is 372 g/mol. The summed E-state index contributed by atoms with van der Waals surface area (Å²) in [6, 6.07) is 5.62. The van der Waals surface area contributed by atoms with Crippen molar-refractivity contribution in [3.05, 3.63) is 40.5 Å². The van der Waals surface area contributed by atoms with E-state index in [9.17, 15) is 14.4 Å². The van der Waals surface area contributed by atoms with Crippen molar-refractivity contribution in [2.24, 2.45) is 5.16 Å². The van der Waals surface area contributed by atoms with Gasteiger partial charge in [0, 0.05) is 16.7 Å². The molecule has 29 heavy (non-hydrogen) atoms. The van der Waals surface area contributed by atoms with E-state index in [1.807, 2.05) is 18.2 Å². The van der Waals surface area contributed by atoms with E-state index in [1.165, 1.54) is 4.90 Å². The minimum atomic E-state index is -0.466. The standard InChI is InChI=1S/C22H24N2O5/c1-2-28-20(25)13-29-23-19-9-5-6-14-10-11-15(12-18(14)19)24-21(26)16-7-3-4-8-17(16)22(24)27/h10-12H,2-9,13H2,1H3/b23-19+. The number of benzene rings is 1. The van der Waals surface area contributed by atoms with Crippen LogP contribution in [0.5, 0.6) is 0 Å². The third kappa shape index (κ3) is 3.69. The van der Waals surface area contributed by atoms with Crippen LogP contribution < -0.4 is 4.90 Å². The first-order valence-electron chi connectivity index (χ1n) is 10.2. The molecule has 0 unspecified atom stereocenters. The molecule has 0 saturated carbocycles. The number of rotatable bonds is 5. The number of hydrogen-bond acceptors (Lipinski definition) is 6. The number of anilines is 1. The van der Waals surface area contributed by atoms with Crippen LogP contribution in [-0.2, 0) is 30.4 Å². The van der Waals surface area contributed by atoms with Gasteiger partial charge in [-0.3, -0.25) is 9.59 Å². The summed E-state index contributed by atoms with van der Waals surface area (Å²) in [5, 5.41) is 4.14. The Kier molecular flexibility index (Phi) is 5.47. The molecular formula is C22H24N2O5. The van der Waals surface area contributed by atoms with Gasteiger partial charge in [-0.05, 0) is 69.6 Å². The fraction of sp³-hybridized carbons (Fsp3) is 0.455. The SMILES string of the molecule is CCOC(=O)CO/N=C1\CCCc2ccc(N3C(=O)C4=C(CCCC4)C3=O)cc21. The Bertz CT molecular complexity index is 903. The second-order valence-corrected chi connectivity index (χ2v) is 7.42. The molecule has 1 aromatic rings. The van der Waals surface area contributed by atoms with Crippen molar-refractivity contribution in [2.75, 3.05) is 18.1 Å². The van der Waals surface area contributed by atoms with E-state index in [0.717, 1.165) is 36.8 Å². The Balaban J connectivity index is 1.58. The summed E-state index contributed by atoms with van der Waals surface area (Å²) in [6.45, 7) is 1.78. The van der Waals surface area contributed by atoms with Gasteiger partial charge in [-0.25, -0.2) is 9.69 Å². The van der Waals surface area contributed by atoms with Crippen LogP contribution in [0.4, 0.5) is 5.69 Å². The molecule has 0 N–H and O–H groups in total. The van der Waals surface area contributed by atoms with Crippen LogP contribution in [0.2, 0.25) is 0 Å². The molecule has 1 aliphatic heterocycles. The predicted molar refractivity (Wildman–Crippen MR) is 106 cm³/mol. The maximum atomic E-state index is 12.8. The predicted octanol–water partition coefficient (Wildman–Crippen LogP) is 3.05. The molecule has 0 fully saturated rings. The van der Waals surface area contributed by atoms with Crippen molar-refractivity contribution in [3.63, 3.8) is 0 Å². The maximum absolute atomic E-state index is 12.8. The van der Waals surface area contributed by atoms with Gasteiger partial charge in [0.05, 0.1) is 18.0 Å². The molecule has 0 radical (unpaired) electrons. The summed E-state index contributed by atoms with van der Waals surface area (Å²) < 4.78 is 4.84. The lowest BCUT2D eigenvalue weighted by atomic mass is 9.89. The molecule has 1 aromatic carbocycles.